The average molecular weight is 207 g/mol. The summed E-state index contributed by atoms with van der Waals surface area (Å²) < 4.78 is 0. The predicted molar refractivity (Wildman–Crippen MR) is 56.1 cm³/mol. The Kier molecular flexibility index (Phi) is 2.45. The van der Waals surface area contributed by atoms with E-state index in [-0.39, 0.29) is 6.04 Å². The molecule has 1 aromatic heterocycles. The van der Waals surface area contributed by atoms with E-state index in [0.29, 0.717) is 0 Å². The van der Waals surface area contributed by atoms with Crippen molar-refractivity contribution in [3.05, 3.63) is 24.0 Å². The van der Waals surface area contributed by atoms with Gasteiger partial charge in [-0.2, -0.15) is 0 Å². The molecule has 0 bridgehead atoms. The lowest BCUT2D eigenvalue weighted by molar-refractivity contribution is 0.187. The lowest BCUT2D eigenvalue weighted by Gasteiger charge is -2.40. The Morgan fingerprint density at radius 2 is 2.40 bits per heavy atom. The molecule has 5 nitrogen and oxygen atoms in total. The van der Waals surface area contributed by atoms with Crippen LogP contribution in [0.2, 0.25) is 0 Å². The summed E-state index contributed by atoms with van der Waals surface area (Å²) in [6, 6.07) is 3.98. The van der Waals surface area contributed by atoms with Gasteiger partial charge in [0.15, 0.2) is 0 Å². The van der Waals surface area contributed by atoms with E-state index < -0.39 is 6.09 Å². The zero-order valence-corrected chi connectivity index (χ0v) is 8.47. The second-order valence-electron chi connectivity index (χ2n) is 3.71. The molecule has 1 aliphatic rings. The van der Waals surface area contributed by atoms with Gasteiger partial charge >= 0.3 is 6.09 Å². The Morgan fingerprint density at radius 1 is 1.67 bits per heavy atom. The van der Waals surface area contributed by atoms with Crippen LogP contribution in [0.5, 0.6) is 0 Å². The van der Waals surface area contributed by atoms with Crippen molar-refractivity contribution in [1.29, 1.82) is 0 Å². The number of aryl methyl sites for hydroxylation is 1. The summed E-state index contributed by atoms with van der Waals surface area (Å²) in [7, 11) is 0. The fraction of sp³-hybridized carbons (Fsp3) is 0.400. The van der Waals surface area contributed by atoms with Gasteiger partial charge < -0.3 is 15.3 Å². The third kappa shape index (κ3) is 2.18. The number of nitrogens with zero attached hydrogens (tertiary/aromatic N) is 2. The molecule has 0 spiro atoms. The molecule has 0 unspecified atom stereocenters. The Labute approximate surface area is 87.7 Å². The molecular formula is C10H13N3O2. The van der Waals surface area contributed by atoms with Crippen LogP contribution in [-0.4, -0.2) is 35.3 Å². The van der Waals surface area contributed by atoms with Gasteiger partial charge in [-0.05, 0) is 19.1 Å². The molecule has 1 saturated heterocycles. The highest BCUT2D eigenvalue weighted by atomic mass is 16.4. The molecule has 2 rings (SSSR count). The topological polar surface area (TPSA) is 65.5 Å². The van der Waals surface area contributed by atoms with Gasteiger partial charge in [-0.15, -0.1) is 0 Å². The Balaban J connectivity index is 1.92. The van der Waals surface area contributed by atoms with Gasteiger partial charge in [0.2, 0.25) is 0 Å². The second kappa shape index (κ2) is 3.76. The first kappa shape index (κ1) is 9.76. The third-order valence-electron chi connectivity index (χ3n) is 2.45. The van der Waals surface area contributed by atoms with Crippen LogP contribution in [0.1, 0.15) is 5.69 Å². The first-order valence-electron chi connectivity index (χ1n) is 4.82. The SMILES string of the molecule is Cc1cc(N2CC(NC(=O)O)C2)ccn1. The standard InChI is InChI=1S/C10H13N3O2/c1-7-4-9(2-3-11-7)13-5-8(6-13)12-10(14)15/h2-4,8,12H,5-6H2,1H3,(H,14,15). The maximum absolute atomic E-state index is 10.4. The van der Waals surface area contributed by atoms with Crippen molar-refractivity contribution in [3.63, 3.8) is 0 Å². The number of aromatic nitrogens is 1. The van der Waals surface area contributed by atoms with Gasteiger partial charge in [-0.25, -0.2) is 4.79 Å². The van der Waals surface area contributed by atoms with Gasteiger partial charge in [0, 0.05) is 30.7 Å². The number of carbonyl (C=O) groups is 1. The first-order valence-corrected chi connectivity index (χ1v) is 4.82. The number of amides is 1. The number of nitrogens with one attached hydrogen (secondary N) is 1. The van der Waals surface area contributed by atoms with Crippen LogP contribution in [0.4, 0.5) is 10.5 Å². The van der Waals surface area contributed by atoms with E-state index in [9.17, 15) is 4.79 Å². The summed E-state index contributed by atoms with van der Waals surface area (Å²) in [5, 5.41) is 11.0. The van der Waals surface area contributed by atoms with Gasteiger partial charge in [-0.1, -0.05) is 0 Å². The predicted octanol–water partition coefficient (Wildman–Crippen LogP) is 0.846. The molecule has 2 N–H and O–H groups in total. The Bertz CT molecular complexity index is 375. The van der Waals surface area contributed by atoms with Crippen molar-refractivity contribution in [1.82, 2.24) is 10.3 Å². The molecule has 80 valence electrons. The molecule has 1 aromatic rings. The van der Waals surface area contributed by atoms with E-state index in [4.69, 9.17) is 5.11 Å². The molecular weight excluding hydrogens is 194 g/mol. The molecule has 0 aromatic carbocycles. The first-order chi connectivity index (χ1) is 7.15. The maximum Gasteiger partial charge on any atom is 0.405 e. The number of anilines is 1. The molecule has 15 heavy (non-hydrogen) atoms. The van der Waals surface area contributed by atoms with Crippen molar-refractivity contribution >= 4 is 11.8 Å². The minimum atomic E-state index is -0.953. The average Bonchev–Trinajstić information content (AvgIpc) is 2.10. The van der Waals surface area contributed by atoms with Gasteiger partial charge in [0.25, 0.3) is 0 Å². The highest BCUT2D eigenvalue weighted by molar-refractivity contribution is 5.66. The van der Waals surface area contributed by atoms with Gasteiger partial charge in [-0.3, -0.25) is 4.98 Å². The van der Waals surface area contributed by atoms with Crippen molar-refractivity contribution in [3.8, 4) is 0 Å². The molecule has 2 heterocycles. The number of carboxylic acid groups (broad SMARTS) is 1. The lowest BCUT2D eigenvalue weighted by atomic mass is 10.1. The summed E-state index contributed by atoms with van der Waals surface area (Å²) in [4.78, 5) is 16.6. The summed E-state index contributed by atoms with van der Waals surface area (Å²) in [6.07, 6.45) is 0.813. The van der Waals surface area contributed by atoms with E-state index in [0.717, 1.165) is 24.5 Å². The van der Waals surface area contributed by atoms with Crippen LogP contribution in [0, 0.1) is 6.92 Å². The normalized spacial score (nSPS) is 15.9. The van der Waals surface area contributed by atoms with E-state index in [2.05, 4.69) is 15.2 Å². The molecule has 1 amide bonds. The number of hydrogen-bond donors (Lipinski definition) is 2. The van der Waals surface area contributed by atoms with Crippen LogP contribution in [0.15, 0.2) is 18.3 Å². The molecule has 0 radical (unpaired) electrons. The van der Waals surface area contributed by atoms with Crippen LogP contribution >= 0.6 is 0 Å². The van der Waals surface area contributed by atoms with Crippen molar-refractivity contribution in [2.24, 2.45) is 0 Å². The van der Waals surface area contributed by atoms with Crippen LogP contribution in [0.25, 0.3) is 0 Å². The molecule has 5 heteroatoms. The fourth-order valence-corrected chi connectivity index (χ4v) is 1.68. The number of hydrogen-bond acceptors (Lipinski definition) is 3. The van der Waals surface area contributed by atoms with Crippen LogP contribution in [-0.2, 0) is 0 Å². The van der Waals surface area contributed by atoms with E-state index in [1.807, 2.05) is 19.1 Å². The summed E-state index contributed by atoms with van der Waals surface area (Å²) in [5.74, 6) is 0. The minimum Gasteiger partial charge on any atom is -0.465 e. The zero-order valence-electron chi connectivity index (χ0n) is 8.47. The molecule has 0 atom stereocenters. The van der Waals surface area contributed by atoms with Crippen LogP contribution < -0.4 is 10.2 Å². The monoisotopic (exact) mass is 207 g/mol. The van der Waals surface area contributed by atoms with E-state index in [1.165, 1.54) is 0 Å². The highest BCUT2D eigenvalue weighted by Crippen LogP contribution is 2.20. The summed E-state index contributed by atoms with van der Waals surface area (Å²) in [5.41, 5.74) is 2.08. The van der Waals surface area contributed by atoms with Crippen molar-refractivity contribution < 1.29 is 9.90 Å². The van der Waals surface area contributed by atoms with E-state index >= 15 is 0 Å². The van der Waals surface area contributed by atoms with Crippen molar-refractivity contribution in [2.45, 2.75) is 13.0 Å². The zero-order chi connectivity index (χ0) is 10.8. The summed E-state index contributed by atoms with van der Waals surface area (Å²) in [6.45, 7) is 3.40. The molecule has 1 fully saturated rings. The smallest absolute Gasteiger partial charge is 0.405 e. The maximum atomic E-state index is 10.4. The van der Waals surface area contributed by atoms with Gasteiger partial charge in [0.1, 0.15) is 0 Å². The quantitative estimate of drug-likeness (QED) is 0.754. The van der Waals surface area contributed by atoms with Crippen molar-refractivity contribution in [2.75, 3.05) is 18.0 Å². The Hall–Kier alpha value is -1.78. The largest absolute Gasteiger partial charge is 0.465 e. The van der Waals surface area contributed by atoms with Crippen LogP contribution in [0.3, 0.4) is 0 Å². The molecule has 1 aliphatic heterocycles. The Morgan fingerprint density at radius 3 is 3.00 bits per heavy atom. The third-order valence-corrected chi connectivity index (χ3v) is 2.45. The summed E-state index contributed by atoms with van der Waals surface area (Å²) >= 11 is 0. The number of rotatable bonds is 2. The fourth-order valence-electron chi connectivity index (χ4n) is 1.68. The lowest BCUT2D eigenvalue weighted by Crippen LogP contribution is -2.59. The minimum absolute atomic E-state index is 0.0518. The molecule has 0 saturated carbocycles. The molecule has 0 aliphatic carbocycles. The highest BCUT2D eigenvalue weighted by Gasteiger charge is 2.27. The van der Waals surface area contributed by atoms with Gasteiger partial charge in [0.05, 0.1) is 6.04 Å². The number of pyridine rings is 1. The second-order valence-corrected chi connectivity index (χ2v) is 3.71. The van der Waals surface area contributed by atoms with E-state index in [1.54, 1.807) is 6.20 Å².